The van der Waals surface area contributed by atoms with Crippen LogP contribution in [0.2, 0.25) is 0 Å². The second kappa shape index (κ2) is 4.45. The van der Waals surface area contributed by atoms with Crippen LogP contribution in [0.4, 0.5) is 0 Å². The number of amides is 1. The Hall–Kier alpha value is -2.15. The molecule has 0 saturated heterocycles. The highest BCUT2D eigenvalue weighted by Gasteiger charge is 2.52. The normalized spacial score (nSPS) is 15.8. The number of furan rings is 1. The molecular formula is C13H12N2O4S. The van der Waals surface area contributed by atoms with E-state index in [1.165, 1.54) is 17.6 Å². The van der Waals surface area contributed by atoms with Crippen molar-refractivity contribution in [3.8, 4) is 10.8 Å². The van der Waals surface area contributed by atoms with Gasteiger partial charge >= 0.3 is 5.97 Å². The number of carboxylic acids is 1. The highest BCUT2D eigenvalue weighted by atomic mass is 32.1. The SMILES string of the molecule is Cc1sc(-c2ccco2)nc1C(=O)NC1(C(=O)O)CC1. The van der Waals surface area contributed by atoms with E-state index < -0.39 is 17.4 Å². The van der Waals surface area contributed by atoms with Gasteiger partial charge in [-0.3, -0.25) is 4.79 Å². The molecule has 0 unspecified atom stereocenters. The molecular weight excluding hydrogens is 280 g/mol. The molecule has 2 N–H and O–H groups in total. The van der Waals surface area contributed by atoms with Gasteiger partial charge in [-0.1, -0.05) is 0 Å². The number of carbonyl (C=O) groups excluding carboxylic acids is 1. The molecule has 0 atom stereocenters. The summed E-state index contributed by atoms with van der Waals surface area (Å²) in [6.07, 6.45) is 2.46. The summed E-state index contributed by atoms with van der Waals surface area (Å²) in [5.74, 6) is -0.849. The van der Waals surface area contributed by atoms with Gasteiger partial charge in [-0.05, 0) is 31.9 Å². The van der Waals surface area contributed by atoms with Gasteiger partial charge in [0.15, 0.2) is 10.8 Å². The minimum absolute atomic E-state index is 0.258. The Balaban J connectivity index is 1.84. The van der Waals surface area contributed by atoms with Gasteiger partial charge in [-0.25, -0.2) is 9.78 Å². The van der Waals surface area contributed by atoms with Gasteiger partial charge < -0.3 is 14.8 Å². The van der Waals surface area contributed by atoms with E-state index in [0.29, 0.717) is 23.6 Å². The van der Waals surface area contributed by atoms with Gasteiger partial charge in [0.1, 0.15) is 11.2 Å². The van der Waals surface area contributed by atoms with E-state index >= 15 is 0 Å². The van der Waals surface area contributed by atoms with Crippen molar-refractivity contribution in [2.24, 2.45) is 0 Å². The Morgan fingerprint density at radius 3 is 2.80 bits per heavy atom. The average molecular weight is 292 g/mol. The summed E-state index contributed by atoms with van der Waals surface area (Å²) < 4.78 is 5.24. The van der Waals surface area contributed by atoms with Crippen LogP contribution in [-0.4, -0.2) is 27.5 Å². The van der Waals surface area contributed by atoms with Crippen LogP contribution in [0, 0.1) is 6.92 Å². The zero-order valence-electron chi connectivity index (χ0n) is 10.7. The van der Waals surface area contributed by atoms with Crippen molar-refractivity contribution in [3.63, 3.8) is 0 Å². The summed E-state index contributed by atoms with van der Waals surface area (Å²) in [5.41, 5.74) is -0.841. The van der Waals surface area contributed by atoms with E-state index in [9.17, 15) is 9.59 Å². The van der Waals surface area contributed by atoms with Crippen LogP contribution in [0.1, 0.15) is 28.2 Å². The Kier molecular flexibility index (Phi) is 2.86. The lowest BCUT2D eigenvalue weighted by atomic mass is 10.2. The maximum Gasteiger partial charge on any atom is 0.329 e. The van der Waals surface area contributed by atoms with Crippen molar-refractivity contribution in [2.75, 3.05) is 0 Å². The third-order valence-corrected chi connectivity index (χ3v) is 4.24. The molecule has 104 valence electrons. The summed E-state index contributed by atoms with van der Waals surface area (Å²) in [6.45, 7) is 1.78. The summed E-state index contributed by atoms with van der Waals surface area (Å²) in [5, 5.41) is 12.2. The van der Waals surface area contributed by atoms with Crippen LogP contribution in [0.15, 0.2) is 22.8 Å². The fraction of sp³-hybridized carbons (Fsp3) is 0.308. The molecule has 1 aliphatic carbocycles. The smallest absolute Gasteiger partial charge is 0.329 e. The molecule has 6 nitrogen and oxygen atoms in total. The molecule has 0 aromatic carbocycles. The number of hydrogen-bond acceptors (Lipinski definition) is 5. The van der Waals surface area contributed by atoms with E-state index in [1.807, 2.05) is 0 Å². The van der Waals surface area contributed by atoms with Gasteiger partial charge in [-0.15, -0.1) is 11.3 Å². The Morgan fingerprint density at radius 1 is 1.50 bits per heavy atom. The first kappa shape index (κ1) is 12.9. The van der Waals surface area contributed by atoms with Crippen LogP contribution in [-0.2, 0) is 4.79 Å². The molecule has 2 aromatic rings. The van der Waals surface area contributed by atoms with Gasteiger partial charge in [0, 0.05) is 4.88 Å². The number of hydrogen-bond donors (Lipinski definition) is 2. The Bertz CT molecular complexity index is 671. The summed E-state index contributed by atoms with van der Waals surface area (Å²) in [7, 11) is 0. The van der Waals surface area contributed by atoms with Crippen molar-refractivity contribution in [1.29, 1.82) is 0 Å². The third kappa shape index (κ3) is 2.09. The largest absolute Gasteiger partial charge is 0.480 e. The maximum atomic E-state index is 12.1. The van der Waals surface area contributed by atoms with Crippen LogP contribution in [0.25, 0.3) is 10.8 Å². The maximum absolute atomic E-state index is 12.1. The molecule has 1 fully saturated rings. The van der Waals surface area contributed by atoms with Gasteiger partial charge in [0.25, 0.3) is 5.91 Å². The number of aromatic nitrogens is 1. The summed E-state index contributed by atoms with van der Waals surface area (Å²) >= 11 is 1.34. The van der Waals surface area contributed by atoms with Crippen LogP contribution in [0.5, 0.6) is 0 Å². The lowest BCUT2D eigenvalue weighted by Crippen LogP contribution is -2.43. The second-order valence-electron chi connectivity index (χ2n) is 4.74. The molecule has 2 heterocycles. The predicted molar refractivity (Wildman–Crippen MR) is 71.6 cm³/mol. The lowest BCUT2D eigenvalue weighted by molar-refractivity contribution is -0.140. The topological polar surface area (TPSA) is 92.4 Å². The molecule has 0 radical (unpaired) electrons. The molecule has 1 saturated carbocycles. The van der Waals surface area contributed by atoms with Crippen molar-refractivity contribution in [1.82, 2.24) is 10.3 Å². The minimum Gasteiger partial charge on any atom is -0.480 e. The Labute approximate surface area is 118 Å². The standard InChI is InChI=1S/C13H12N2O4S/c1-7-9(10(16)15-13(4-5-13)12(17)18)14-11(20-7)8-3-2-6-19-8/h2-3,6H,4-5H2,1H3,(H,15,16)(H,17,18). The third-order valence-electron chi connectivity index (χ3n) is 3.26. The quantitative estimate of drug-likeness (QED) is 0.899. The van der Waals surface area contributed by atoms with E-state index in [1.54, 1.807) is 19.1 Å². The molecule has 1 amide bonds. The van der Waals surface area contributed by atoms with E-state index in [0.717, 1.165) is 4.88 Å². The van der Waals surface area contributed by atoms with Gasteiger partial charge in [0.2, 0.25) is 0 Å². The highest BCUT2D eigenvalue weighted by Crippen LogP contribution is 2.36. The Morgan fingerprint density at radius 2 is 2.25 bits per heavy atom. The van der Waals surface area contributed by atoms with Crippen LogP contribution < -0.4 is 5.32 Å². The number of carbonyl (C=O) groups is 2. The molecule has 0 spiro atoms. The zero-order chi connectivity index (χ0) is 14.3. The van der Waals surface area contributed by atoms with Gasteiger partial charge in [-0.2, -0.15) is 0 Å². The molecule has 20 heavy (non-hydrogen) atoms. The van der Waals surface area contributed by atoms with E-state index in [-0.39, 0.29) is 5.69 Å². The zero-order valence-corrected chi connectivity index (χ0v) is 11.5. The predicted octanol–water partition coefficient (Wildman–Crippen LogP) is 2.06. The number of aliphatic carboxylic acids is 1. The van der Waals surface area contributed by atoms with Crippen LogP contribution in [0.3, 0.4) is 0 Å². The van der Waals surface area contributed by atoms with Crippen LogP contribution >= 0.6 is 11.3 Å². The summed E-state index contributed by atoms with van der Waals surface area (Å²) in [4.78, 5) is 28.2. The number of thiazole rings is 1. The highest BCUT2D eigenvalue weighted by molar-refractivity contribution is 7.15. The number of carboxylic acid groups (broad SMARTS) is 1. The first-order chi connectivity index (χ1) is 9.52. The van der Waals surface area contributed by atoms with Gasteiger partial charge in [0.05, 0.1) is 6.26 Å². The first-order valence-electron chi connectivity index (χ1n) is 6.09. The monoisotopic (exact) mass is 292 g/mol. The fourth-order valence-electron chi connectivity index (χ4n) is 1.91. The number of aryl methyl sites for hydroxylation is 1. The van der Waals surface area contributed by atoms with Crippen molar-refractivity contribution < 1.29 is 19.1 Å². The minimum atomic E-state index is -1.10. The number of nitrogens with one attached hydrogen (secondary N) is 1. The van der Waals surface area contributed by atoms with E-state index in [4.69, 9.17) is 9.52 Å². The summed E-state index contributed by atoms with van der Waals surface area (Å²) in [6, 6.07) is 3.51. The molecule has 2 aromatic heterocycles. The fourth-order valence-corrected chi connectivity index (χ4v) is 2.79. The molecule has 1 aliphatic rings. The number of nitrogens with zero attached hydrogens (tertiary/aromatic N) is 1. The first-order valence-corrected chi connectivity index (χ1v) is 6.91. The molecule has 3 rings (SSSR count). The van der Waals surface area contributed by atoms with Crippen molar-refractivity contribution >= 4 is 23.2 Å². The van der Waals surface area contributed by atoms with Crippen molar-refractivity contribution in [3.05, 3.63) is 29.0 Å². The second-order valence-corrected chi connectivity index (χ2v) is 5.95. The number of rotatable bonds is 4. The molecule has 7 heteroatoms. The molecule has 0 bridgehead atoms. The average Bonchev–Trinajstić information content (AvgIpc) is 2.86. The van der Waals surface area contributed by atoms with Crippen molar-refractivity contribution in [2.45, 2.75) is 25.3 Å². The van der Waals surface area contributed by atoms with E-state index in [2.05, 4.69) is 10.3 Å². The lowest BCUT2D eigenvalue weighted by Gasteiger charge is -2.11. The molecule has 0 aliphatic heterocycles.